The summed E-state index contributed by atoms with van der Waals surface area (Å²) in [7, 11) is 1.97. The quantitative estimate of drug-likeness (QED) is 0.869. The van der Waals surface area contributed by atoms with Crippen molar-refractivity contribution in [2.45, 2.75) is 37.5 Å². The maximum atomic E-state index is 4.38. The number of thioether (sulfide) groups is 1. The molecule has 1 aromatic heterocycles. The zero-order valence-corrected chi connectivity index (χ0v) is 11.0. The van der Waals surface area contributed by atoms with Crippen LogP contribution in [0.4, 0.5) is 0 Å². The van der Waals surface area contributed by atoms with E-state index in [1.54, 1.807) is 0 Å². The molecule has 4 heteroatoms. The molecule has 0 radical (unpaired) electrons. The van der Waals surface area contributed by atoms with Gasteiger partial charge in [-0.3, -0.25) is 4.68 Å². The van der Waals surface area contributed by atoms with Gasteiger partial charge in [-0.05, 0) is 24.7 Å². The van der Waals surface area contributed by atoms with Gasteiger partial charge in [-0.25, -0.2) is 0 Å². The molecule has 0 bridgehead atoms. The van der Waals surface area contributed by atoms with Crippen molar-refractivity contribution in [1.82, 2.24) is 15.1 Å². The zero-order valence-electron chi connectivity index (χ0n) is 10.1. The van der Waals surface area contributed by atoms with Gasteiger partial charge in [0.2, 0.25) is 0 Å². The molecule has 3 nitrogen and oxygen atoms in total. The first kappa shape index (κ1) is 12.0. The number of rotatable bonds is 4. The lowest BCUT2D eigenvalue weighted by Gasteiger charge is -2.29. The van der Waals surface area contributed by atoms with Crippen molar-refractivity contribution in [3.05, 3.63) is 18.0 Å². The molecule has 2 rings (SSSR count). The Balaban J connectivity index is 1.71. The van der Waals surface area contributed by atoms with E-state index in [0.717, 1.165) is 18.2 Å². The van der Waals surface area contributed by atoms with E-state index in [1.165, 1.54) is 24.3 Å². The molecule has 0 spiro atoms. The van der Waals surface area contributed by atoms with Crippen LogP contribution in [0.25, 0.3) is 0 Å². The third-order valence-corrected chi connectivity index (χ3v) is 4.54. The average molecular weight is 239 g/mol. The minimum absolute atomic E-state index is 0.697. The van der Waals surface area contributed by atoms with E-state index in [4.69, 9.17) is 0 Å². The van der Waals surface area contributed by atoms with E-state index in [9.17, 15) is 0 Å². The molecule has 0 aromatic carbocycles. The summed E-state index contributed by atoms with van der Waals surface area (Å²) in [6, 6.07) is 2.79. The second-order valence-electron chi connectivity index (χ2n) is 4.51. The zero-order chi connectivity index (χ0) is 11.4. The first-order valence-corrected chi connectivity index (χ1v) is 7.14. The van der Waals surface area contributed by atoms with Crippen molar-refractivity contribution in [3.63, 3.8) is 0 Å². The van der Waals surface area contributed by atoms with Crippen LogP contribution >= 0.6 is 11.8 Å². The SMILES string of the molecule is CC1SCCCC1NCCc1ccn(C)n1. The van der Waals surface area contributed by atoms with Gasteiger partial charge in [0, 0.05) is 37.5 Å². The Kier molecular flexibility index (Phi) is 4.29. The predicted molar refractivity (Wildman–Crippen MR) is 69.9 cm³/mol. The maximum Gasteiger partial charge on any atom is 0.0637 e. The molecule has 2 heterocycles. The molecule has 1 saturated heterocycles. The average Bonchev–Trinajstić information content (AvgIpc) is 2.67. The summed E-state index contributed by atoms with van der Waals surface area (Å²) in [5, 5.41) is 8.80. The van der Waals surface area contributed by atoms with E-state index in [0.29, 0.717) is 6.04 Å². The molecule has 2 unspecified atom stereocenters. The van der Waals surface area contributed by atoms with E-state index in [2.05, 4.69) is 35.2 Å². The van der Waals surface area contributed by atoms with Gasteiger partial charge >= 0.3 is 0 Å². The van der Waals surface area contributed by atoms with Crippen LogP contribution in [-0.4, -0.2) is 33.4 Å². The molecule has 16 heavy (non-hydrogen) atoms. The van der Waals surface area contributed by atoms with Gasteiger partial charge in [-0.1, -0.05) is 6.92 Å². The van der Waals surface area contributed by atoms with Crippen LogP contribution in [0, 0.1) is 0 Å². The van der Waals surface area contributed by atoms with Crippen molar-refractivity contribution in [2.75, 3.05) is 12.3 Å². The van der Waals surface area contributed by atoms with Crippen molar-refractivity contribution in [3.8, 4) is 0 Å². The maximum absolute atomic E-state index is 4.38. The minimum Gasteiger partial charge on any atom is -0.312 e. The van der Waals surface area contributed by atoms with Crippen LogP contribution in [0.3, 0.4) is 0 Å². The Hall–Kier alpha value is -0.480. The van der Waals surface area contributed by atoms with E-state index < -0.39 is 0 Å². The van der Waals surface area contributed by atoms with Gasteiger partial charge in [0.15, 0.2) is 0 Å². The van der Waals surface area contributed by atoms with E-state index in [1.807, 2.05) is 17.9 Å². The number of nitrogens with one attached hydrogen (secondary N) is 1. The summed E-state index contributed by atoms with van der Waals surface area (Å²) >= 11 is 2.09. The lowest BCUT2D eigenvalue weighted by atomic mass is 10.1. The van der Waals surface area contributed by atoms with Crippen LogP contribution in [0.5, 0.6) is 0 Å². The second-order valence-corrected chi connectivity index (χ2v) is 5.99. The summed E-state index contributed by atoms with van der Waals surface area (Å²) in [4.78, 5) is 0. The fourth-order valence-electron chi connectivity index (χ4n) is 2.17. The Morgan fingerprint density at radius 3 is 3.19 bits per heavy atom. The highest BCUT2D eigenvalue weighted by Crippen LogP contribution is 2.24. The van der Waals surface area contributed by atoms with Gasteiger partial charge in [0.25, 0.3) is 0 Å². The second kappa shape index (κ2) is 5.73. The number of aryl methyl sites for hydroxylation is 1. The third-order valence-electron chi connectivity index (χ3n) is 3.16. The molecular formula is C12H21N3S. The minimum atomic E-state index is 0.697. The molecule has 1 fully saturated rings. The Labute approximate surface area is 102 Å². The van der Waals surface area contributed by atoms with Gasteiger partial charge < -0.3 is 5.32 Å². The molecule has 0 amide bonds. The highest BCUT2D eigenvalue weighted by Gasteiger charge is 2.20. The van der Waals surface area contributed by atoms with Crippen LogP contribution in [0.2, 0.25) is 0 Å². The Bertz CT molecular complexity index is 324. The van der Waals surface area contributed by atoms with Gasteiger partial charge in [0.05, 0.1) is 5.69 Å². The summed E-state index contributed by atoms with van der Waals surface area (Å²) in [5.74, 6) is 1.33. The molecule has 0 saturated carbocycles. The summed E-state index contributed by atoms with van der Waals surface area (Å²) in [5.41, 5.74) is 1.19. The number of hydrogen-bond acceptors (Lipinski definition) is 3. The number of aromatic nitrogens is 2. The van der Waals surface area contributed by atoms with Crippen LogP contribution in [0.1, 0.15) is 25.5 Å². The van der Waals surface area contributed by atoms with Gasteiger partial charge in [-0.2, -0.15) is 16.9 Å². The highest BCUT2D eigenvalue weighted by atomic mass is 32.2. The Morgan fingerprint density at radius 1 is 1.62 bits per heavy atom. The lowest BCUT2D eigenvalue weighted by Crippen LogP contribution is -2.40. The van der Waals surface area contributed by atoms with Gasteiger partial charge in [-0.15, -0.1) is 0 Å². The van der Waals surface area contributed by atoms with Crippen LogP contribution in [-0.2, 0) is 13.5 Å². The molecule has 1 aliphatic heterocycles. The van der Waals surface area contributed by atoms with Crippen molar-refractivity contribution in [2.24, 2.45) is 7.05 Å². The molecule has 90 valence electrons. The third kappa shape index (κ3) is 3.25. The largest absolute Gasteiger partial charge is 0.312 e. The first-order chi connectivity index (χ1) is 7.75. The van der Waals surface area contributed by atoms with Crippen molar-refractivity contribution < 1.29 is 0 Å². The smallest absolute Gasteiger partial charge is 0.0637 e. The van der Waals surface area contributed by atoms with Crippen LogP contribution in [0.15, 0.2) is 12.3 Å². The van der Waals surface area contributed by atoms with Crippen LogP contribution < -0.4 is 5.32 Å². The van der Waals surface area contributed by atoms with E-state index >= 15 is 0 Å². The topological polar surface area (TPSA) is 29.9 Å². The van der Waals surface area contributed by atoms with Crippen molar-refractivity contribution in [1.29, 1.82) is 0 Å². The predicted octanol–water partition coefficient (Wildman–Crippen LogP) is 1.84. The summed E-state index contributed by atoms with van der Waals surface area (Å²) in [6.45, 7) is 3.38. The summed E-state index contributed by atoms with van der Waals surface area (Å²) < 4.78 is 1.87. The molecular weight excluding hydrogens is 218 g/mol. The number of hydrogen-bond donors (Lipinski definition) is 1. The fourth-order valence-corrected chi connectivity index (χ4v) is 3.34. The monoisotopic (exact) mass is 239 g/mol. The first-order valence-electron chi connectivity index (χ1n) is 6.09. The molecule has 1 aliphatic rings. The molecule has 0 aliphatic carbocycles. The standard InChI is InChI=1S/C12H21N3S/c1-10-12(4-3-9-16-10)13-7-5-11-6-8-15(2)14-11/h6,8,10,12-13H,3-5,7,9H2,1-2H3. The summed E-state index contributed by atoms with van der Waals surface area (Å²) in [6.07, 6.45) is 5.73. The molecule has 1 N–H and O–H groups in total. The van der Waals surface area contributed by atoms with Gasteiger partial charge in [0.1, 0.15) is 0 Å². The molecule has 2 atom stereocenters. The molecule has 1 aromatic rings. The van der Waals surface area contributed by atoms with Crippen molar-refractivity contribution >= 4 is 11.8 Å². The number of nitrogens with zero attached hydrogens (tertiary/aromatic N) is 2. The fraction of sp³-hybridized carbons (Fsp3) is 0.750. The van der Waals surface area contributed by atoms with E-state index in [-0.39, 0.29) is 0 Å². The normalized spacial score (nSPS) is 25.9. The lowest BCUT2D eigenvalue weighted by molar-refractivity contribution is 0.464. The Morgan fingerprint density at radius 2 is 2.50 bits per heavy atom. The highest BCUT2D eigenvalue weighted by molar-refractivity contribution is 7.99.